The van der Waals surface area contributed by atoms with Crippen LogP contribution < -0.4 is 4.90 Å². The summed E-state index contributed by atoms with van der Waals surface area (Å²) < 4.78 is 10.8. The van der Waals surface area contributed by atoms with Gasteiger partial charge in [0.25, 0.3) is 0 Å². The Morgan fingerprint density at radius 1 is 1.19 bits per heavy atom. The van der Waals surface area contributed by atoms with E-state index in [0.717, 1.165) is 31.7 Å². The molecule has 1 amide bonds. The molecular formula is C24H38N4O4. The molecule has 0 radical (unpaired) electrons. The van der Waals surface area contributed by atoms with Crippen LogP contribution in [0.1, 0.15) is 78.3 Å². The summed E-state index contributed by atoms with van der Waals surface area (Å²) >= 11 is 0. The van der Waals surface area contributed by atoms with E-state index in [1.165, 1.54) is 19.3 Å². The highest BCUT2D eigenvalue weighted by Crippen LogP contribution is 2.30. The van der Waals surface area contributed by atoms with Crippen molar-refractivity contribution in [3.63, 3.8) is 0 Å². The van der Waals surface area contributed by atoms with Gasteiger partial charge < -0.3 is 19.3 Å². The number of rotatable bonds is 7. The van der Waals surface area contributed by atoms with Crippen molar-refractivity contribution in [3.8, 4) is 0 Å². The standard InChI is InChI=1S/C24H38N4O4/c1-6-31-22(29)17(2)20-12-13-21(26-25-20)27-14-8-11-19(16-27)28(15-18-9-7-10-18)23(30)32-24(3,4)5/h12-13,17-19H,6-11,14-16H2,1-5H3/t17?,19-/m1/s1. The van der Waals surface area contributed by atoms with Gasteiger partial charge in [-0.25, -0.2) is 4.79 Å². The summed E-state index contributed by atoms with van der Waals surface area (Å²) in [7, 11) is 0. The molecule has 2 fully saturated rings. The van der Waals surface area contributed by atoms with E-state index in [2.05, 4.69) is 15.1 Å². The van der Waals surface area contributed by atoms with Crippen LogP contribution in [0.15, 0.2) is 12.1 Å². The molecule has 2 atom stereocenters. The first kappa shape index (κ1) is 24.3. The van der Waals surface area contributed by atoms with E-state index in [9.17, 15) is 9.59 Å². The molecule has 1 aromatic rings. The fourth-order valence-electron chi connectivity index (χ4n) is 4.19. The van der Waals surface area contributed by atoms with Crippen LogP contribution in [-0.4, -0.2) is 65.0 Å². The molecule has 8 nitrogen and oxygen atoms in total. The van der Waals surface area contributed by atoms with Crippen molar-refractivity contribution in [2.45, 2.75) is 84.3 Å². The largest absolute Gasteiger partial charge is 0.465 e. The Morgan fingerprint density at radius 3 is 2.50 bits per heavy atom. The molecule has 1 unspecified atom stereocenters. The monoisotopic (exact) mass is 446 g/mol. The number of amides is 1. The number of hydrogen-bond donors (Lipinski definition) is 0. The molecule has 0 aromatic carbocycles. The summed E-state index contributed by atoms with van der Waals surface area (Å²) in [6.07, 6.45) is 5.31. The lowest BCUT2D eigenvalue weighted by Crippen LogP contribution is -2.53. The second-order valence-electron chi connectivity index (χ2n) is 9.96. The van der Waals surface area contributed by atoms with Gasteiger partial charge in [-0.1, -0.05) is 6.42 Å². The van der Waals surface area contributed by atoms with Gasteiger partial charge in [-0.05, 0) is 78.4 Å². The van der Waals surface area contributed by atoms with Gasteiger partial charge in [0, 0.05) is 19.6 Å². The Labute approximate surface area is 191 Å². The van der Waals surface area contributed by atoms with E-state index in [1.54, 1.807) is 13.8 Å². The third kappa shape index (κ3) is 6.33. The smallest absolute Gasteiger partial charge is 0.410 e. The minimum Gasteiger partial charge on any atom is -0.465 e. The van der Waals surface area contributed by atoms with Crippen LogP contribution in [-0.2, 0) is 14.3 Å². The molecule has 1 saturated heterocycles. The summed E-state index contributed by atoms with van der Waals surface area (Å²) in [6, 6.07) is 3.83. The number of carbonyl (C=O) groups is 2. The van der Waals surface area contributed by atoms with Gasteiger partial charge in [0.1, 0.15) is 5.60 Å². The summed E-state index contributed by atoms with van der Waals surface area (Å²) in [5, 5.41) is 8.67. The van der Waals surface area contributed by atoms with Crippen LogP contribution in [0.4, 0.5) is 10.6 Å². The van der Waals surface area contributed by atoms with Crippen molar-refractivity contribution in [3.05, 3.63) is 17.8 Å². The third-order valence-electron chi connectivity index (χ3n) is 6.22. The number of carbonyl (C=O) groups excluding carboxylic acids is 2. The Hall–Kier alpha value is -2.38. The van der Waals surface area contributed by atoms with E-state index >= 15 is 0 Å². The second-order valence-corrected chi connectivity index (χ2v) is 9.96. The summed E-state index contributed by atoms with van der Waals surface area (Å²) in [6.45, 7) is 12.0. The SMILES string of the molecule is CCOC(=O)C(C)c1ccc(N2CCC[C@@H](N(CC3CCC3)C(=O)OC(C)(C)C)C2)nn1. The fourth-order valence-corrected chi connectivity index (χ4v) is 4.19. The van der Waals surface area contributed by atoms with Gasteiger partial charge in [0.05, 0.1) is 24.3 Å². The normalized spacial score (nSPS) is 20.3. The molecule has 0 N–H and O–H groups in total. The zero-order valence-electron chi connectivity index (χ0n) is 20.2. The predicted octanol–water partition coefficient (Wildman–Crippen LogP) is 4.15. The van der Waals surface area contributed by atoms with E-state index in [1.807, 2.05) is 37.8 Å². The van der Waals surface area contributed by atoms with E-state index in [0.29, 0.717) is 24.8 Å². The van der Waals surface area contributed by atoms with Crippen LogP contribution >= 0.6 is 0 Å². The van der Waals surface area contributed by atoms with Crippen molar-refractivity contribution in [2.75, 3.05) is 31.1 Å². The van der Waals surface area contributed by atoms with Crippen molar-refractivity contribution in [1.82, 2.24) is 15.1 Å². The fraction of sp³-hybridized carbons (Fsp3) is 0.750. The van der Waals surface area contributed by atoms with Crippen molar-refractivity contribution in [2.24, 2.45) is 5.92 Å². The van der Waals surface area contributed by atoms with Crippen LogP contribution in [0.5, 0.6) is 0 Å². The van der Waals surface area contributed by atoms with E-state index < -0.39 is 11.5 Å². The first-order chi connectivity index (χ1) is 15.2. The summed E-state index contributed by atoms with van der Waals surface area (Å²) in [4.78, 5) is 29.1. The molecule has 3 rings (SSSR count). The Kier molecular flexibility index (Phi) is 7.96. The van der Waals surface area contributed by atoms with Crippen molar-refractivity contribution in [1.29, 1.82) is 0 Å². The van der Waals surface area contributed by atoms with Crippen molar-refractivity contribution < 1.29 is 19.1 Å². The molecule has 1 saturated carbocycles. The lowest BCUT2D eigenvalue weighted by atomic mass is 9.84. The third-order valence-corrected chi connectivity index (χ3v) is 6.22. The minimum atomic E-state index is -0.514. The molecule has 0 bridgehead atoms. The second kappa shape index (κ2) is 10.5. The quantitative estimate of drug-likeness (QED) is 0.582. The Bertz CT molecular complexity index is 773. The first-order valence-electron chi connectivity index (χ1n) is 11.9. The molecule has 0 spiro atoms. The molecule has 1 aliphatic heterocycles. The van der Waals surface area contributed by atoms with Crippen LogP contribution in [0.3, 0.4) is 0 Å². The van der Waals surface area contributed by atoms with Crippen LogP contribution in [0.2, 0.25) is 0 Å². The number of ether oxygens (including phenoxy) is 2. The lowest BCUT2D eigenvalue weighted by Gasteiger charge is -2.42. The van der Waals surface area contributed by atoms with Gasteiger partial charge in [0.15, 0.2) is 5.82 Å². The average molecular weight is 447 g/mol. The van der Waals surface area contributed by atoms with Crippen LogP contribution in [0, 0.1) is 5.92 Å². The summed E-state index contributed by atoms with van der Waals surface area (Å²) in [5.41, 5.74) is 0.0846. The highest BCUT2D eigenvalue weighted by Gasteiger charge is 2.35. The van der Waals surface area contributed by atoms with Crippen LogP contribution in [0.25, 0.3) is 0 Å². The number of piperidine rings is 1. The van der Waals surface area contributed by atoms with Gasteiger partial charge in [-0.2, -0.15) is 5.10 Å². The van der Waals surface area contributed by atoms with Gasteiger partial charge in [0.2, 0.25) is 0 Å². The van der Waals surface area contributed by atoms with E-state index in [4.69, 9.17) is 9.47 Å². The highest BCUT2D eigenvalue weighted by molar-refractivity contribution is 5.77. The maximum atomic E-state index is 13.0. The molecule has 8 heteroatoms. The topological polar surface area (TPSA) is 84.9 Å². The zero-order valence-corrected chi connectivity index (χ0v) is 20.2. The maximum Gasteiger partial charge on any atom is 0.410 e. The predicted molar refractivity (Wildman–Crippen MR) is 123 cm³/mol. The summed E-state index contributed by atoms with van der Waals surface area (Å²) in [5.74, 6) is 0.593. The minimum absolute atomic E-state index is 0.0825. The Balaban J connectivity index is 1.69. The lowest BCUT2D eigenvalue weighted by molar-refractivity contribution is -0.144. The molecule has 32 heavy (non-hydrogen) atoms. The molecule has 2 heterocycles. The number of hydrogen-bond acceptors (Lipinski definition) is 7. The van der Waals surface area contributed by atoms with Gasteiger partial charge in [-0.3, -0.25) is 4.79 Å². The highest BCUT2D eigenvalue weighted by atomic mass is 16.6. The zero-order chi connectivity index (χ0) is 23.3. The van der Waals surface area contributed by atoms with Crippen molar-refractivity contribution >= 4 is 17.9 Å². The molecular weight excluding hydrogens is 408 g/mol. The van der Waals surface area contributed by atoms with Gasteiger partial charge in [-0.15, -0.1) is 5.10 Å². The molecule has 178 valence electrons. The number of nitrogens with zero attached hydrogens (tertiary/aromatic N) is 4. The van der Waals surface area contributed by atoms with E-state index in [-0.39, 0.29) is 18.1 Å². The van der Waals surface area contributed by atoms with Gasteiger partial charge >= 0.3 is 12.1 Å². The molecule has 1 aromatic heterocycles. The number of aromatic nitrogens is 2. The number of anilines is 1. The maximum absolute atomic E-state index is 13.0. The molecule has 1 aliphatic carbocycles. The average Bonchev–Trinajstić information content (AvgIpc) is 2.71. The Morgan fingerprint density at radius 2 is 1.94 bits per heavy atom. The molecule has 2 aliphatic rings. The number of esters is 1. The first-order valence-corrected chi connectivity index (χ1v) is 11.9.